The van der Waals surface area contributed by atoms with Crippen LogP contribution in [0.4, 0.5) is 0 Å². The second-order valence-corrected chi connectivity index (χ2v) is 7.05. The van der Waals surface area contributed by atoms with E-state index in [2.05, 4.69) is 32.7 Å². The predicted octanol–water partition coefficient (Wildman–Crippen LogP) is 3.57. The minimum Gasteiger partial charge on any atom is -0.493 e. The number of aromatic nitrogens is 1. The number of nitrogens with one attached hydrogen (secondary N) is 2. The van der Waals surface area contributed by atoms with Crippen LogP contribution in [-0.2, 0) is 13.0 Å². The molecule has 164 valence electrons. The van der Waals surface area contributed by atoms with Crippen molar-refractivity contribution < 1.29 is 14.2 Å². The first-order valence-corrected chi connectivity index (χ1v) is 10.4. The van der Waals surface area contributed by atoms with Crippen LogP contribution in [0.1, 0.15) is 38.3 Å². The number of ether oxygens (including phenoxy) is 3. The number of aliphatic imine (C=N–C) groups is 1. The van der Waals surface area contributed by atoms with Gasteiger partial charge in [-0.25, -0.2) is 4.98 Å². The zero-order chi connectivity index (χ0) is 21.8. The van der Waals surface area contributed by atoms with Crippen molar-refractivity contribution in [2.45, 2.75) is 46.3 Å². The maximum absolute atomic E-state index is 5.65. The quantitative estimate of drug-likeness (QED) is 0.333. The van der Waals surface area contributed by atoms with Gasteiger partial charge in [-0.3, -0.25) is 4.99 Å². The number of benzene rings is 1. The molecule has 0 aliphatic rings. The number of pyridine rings is 1. The van der Waals surface area contributed by atoms with Crippen molar-refractivity contribution in [2.24, 2.45) is 4.99 Å². The number of guanidine groups is 1. The average molecular weight is 415 g/mol. The van der Waals surface area contributed by atoms with Gasteiger partial charge in [-0.2, -0.15) is 0 Å². The number of hydrogen-bond donors (Lipinski definition) is 2. The lowest BCUT2D eigenvalue weighted by molar-refractivity contribution is 0.232. The fourth-order valence-electron chi connectivity index (χ4n) is 2.88. The zero-order valence-electron chi connectivity index (χ0n) is 18.7. The molecule has 0 saturated heterocycles. The average Bonchev–Trinajstić information content (AvgIpc) is 2.74. The highest BCUT2D eigenvalue weighted by Crippen LogP contribution is 2.28. The van der Waals surface area contributed by atoms with Crippen LogP contribution >= 0.6 is 0 Å². The molecular weight excluding hydrogens is 380 g/mol. The molecule has 0 radical (unpaired) electrons. The first kappa shape index (κ1) is 23.3. The van der Waals surface area contributed by atoms with Crippen molar-refractivity contribution in [3.05, 3.63) is 47.7 Å². The molecule has 0 aliphatic heterocycles. The summed E-state index contributed by atoms with van der Waals surface area (Å²) in [5, 5.41) is 6.65. The van der Waals surface area contributed by atoms with E-state index >= 15 is 0 Å². The molecular formula is C23H34N4O3. The van der Waals surface area contributed by atoms with Crippen LogP contribution in [0, 0.1) is 0 Å². The van der Waals surface area contributed by atoms with Crippen molar-refractivity contribution in [3.63, 3.8) is 0 Å². The lowest BCUT2D eigenvalue weighted by Crippen LogP contribution is -2.37. The molecule has 2 aromatic rings. The van der Waals surface area contributed by atoms with Crippen molar-refractivity contribution >= 4 is 5.96 Å². The van der Waals surface area contributed by atoms with Gasteiger partial charge in [0, 0.05) is 32.4 Å². The highest BCUT2D eigenvalue weighted by molar-refractivity contribution is 5.79. The Morgan fingerprint density at radius 3 is 2.53 bits per heavy atom. The fourth-order valence-corrected chi connectivity index (χ4v) is 2.88. The van der Waals surface area contributed by atoms with Gasteiger partial charge in [-0.1, -0.05) is 12.1 Å². The van der Waals surface area contributed by atoms with E-state index in [1.54, 1.807) is 14.2 Å². The molecule has 0 spiro atoms. The van der Waals surface area contributed by atoms with Gasteiger partial charge in [-0.15, -0.1) is 0 Å². The molecule has 0 aliphatic carbocycles. The third kappa shape index (κ3) is 7.81. The van der Waals surface area contributed by atoms with E-state index in [4.69, 9.17) is 14.2 Å². The molecule has 0 fully saturated rings. The maximum atomic E-state index is 5.65. The smallest absolute Gasteiger partial charge is 0.213 e. The van der Waals surface area contributed by atoms with E-state index < -0.39 is 0 Å². The normalized spacial score (nSPS) is 11.3. The lowest BCUT2D eigenvalue weighted by atomic mass is 10.1. The summed E-state index contributed by atoms with van der Waals surface area (Å²) in [5.41, 5.74) is 2.29. The first-order valence-electron chi connectivity index (χ1n) is 10.4. The van der Waals surface area contributed by atoms with E-state index in [1.165, 1.54) is 5.56 Å². The Balaban J connectivity index is 1.75. The van der Waals surface area contributed by atoms with Gasteiger partial charge in [0.2, 0.25) is 5.88 Å². The third-order valence-corrected chi connectivity index (χ3v) is 4.30. The monoisotopic (exact) mass is 414 g/mol. The van der Waals surface area contributed by atoms with Gasteiger partial charge < -0.3 is 24.8 Å². The zero-order valence-corrected chi connectivity index (χ0v) is 18.7. The second-order valence-electron chi connectivity index (χ2n) is 7.05. The topological polar surface area (TPSA) is 77.0 Å². The standard InChI is InChI=1S/C23H34N4O3/c1-6-29-21-14-18(9-11-20(21)28-5)8-7-13-25-23(24-4)27-16-19-10-12-22(26-15-19)30-17(2)3/h9-12,14-15,17H,6-8,13,16H2,1-5H3,(H2,24,25,27). The largest absolute Gasteiger partial charge is 0.493 e. The Labute approximate surface area is 179 Å². The summed E-state index contributed by atoms with van der Waals surface area (Å²) in [7, 11) is 3.43. The van der Waals surface area contributed by atoms with Gasteiger partial charge in [0.1, 0.15) is 0 Å². The van der Waals surface area contributed by atoms with Crippen LogP contribution in [0.15, 0.2) is 41.5 Å². The Morgan fingerprint density at radius 2 is 1.90 bits per heavy atom. The molecule has 7 heteroatoms. The Morgan fingerprint density at radius 1 is 1.10 bits per heavy atom. The molecule has 0 unspecified atom stereocenters. The van der Waals surface area contributed by atoms with Crippen molar-refractivity contribution in [3.8, 4) is 17.4 Å². The maximum Gasteiger partial charge on any atom is 0.213 e. The summed E-state index contributed by atoms with van der Waals surface area (Å²) in [4.78, 5) is 8.60. The van der Waals surface area contributed by atoms with Crippen LogP contribution in [0.3, 0.4) is 0 Å². The number of aryl methyl sites for hydroxylation is 1. The van der Waals surface area contributed by atoms with Gasteiger partial charge in [0.15, 0.2) is 17.5 Å². The second kappa shape index (κ2) is 12.6. The van der Waals surface area contributed by atoms with Gasteiger partial charge >= 0.3 is 0 Å². The van der Waals surface area contributed by atoms with E-state index in [-0.39, 0.29) is 6.10 Å². The number of methoxy groups -OCH3 is 1. The van der Waals surface area contributed by atoms with Crippen LogP contribution in [-0.4, -0.2) is 44.4 Å². The van der Waals surface area contributed by atoms with Crippen molar-refractivity contribution in [1.82, 2.24) is 15.6 Å². The highest BCUT2D eigenvalue weighted by Gasteiger charge is 2.06. The predicted molar refractivity (Wildman–Crippen MR) is 121 cm³/mol. The van der Waals surface area contributed by atoms with E-state index in [9.17, 15) is 0 Å². The van der Waals surface area contributed by atoms with E-state index in [0.717, 1.165) is 42.4 Å². The molecule has 1 aromatic carbocycles. The SMILES string of the molecule is CCOc1cc(CCCNC(=NC)NCc2ccc(OC(C)C)nc2)ccc1OC. The molecule has 30 heavy (non-hydrogen) atoms. The Kier molecular flexibility index (Phi) is 9.77. The number of nitrogens with zero attached hydrogens (tertiary/aromatic N) is 2. The van der Waals surface area contributed by atoms with E-state index in [1.807, 2.05) is 45.2 Å². The van der Waals surface area contributed by atoms with Gasteiger partial charge in [0.05, 0.1) is 19.8 Å². The molecule has 1 heterocycles. The summed E-state index contributed by atoms with van der Waals surface area (Å²) >= 11 is 0. The number of hydrogen-bond acceptors (Lipinski definition) is 5. The molecule has 2 N–H and O–H groups in total. The fraction of sp³-hybridized carbons (Fsp3) is 0.478. The summed E-state index contributed by atoms with van der Waals surface area (Å²) in [6.45, 7) is 8.02. The Hall–Kier alpha value is -2.96. The molecule has 1 aromatic heterocycles. The van der Waals surface area contributed by atoms with Crippen LogP contribution < -0.4 is 24.8 Å². The third-order valence-electron chi connectivity index (χ3n) is 4.30. The minimum absolute atomic E-state index is 0.119. The minimum atomic E-state index is 0.119. The molecule has 0 atom stereocenters. The van der Waals surface area contributed by atoms with Crippen molar-refractivity contribution in [2.75, 3.05) is 27.3 Å². The molecule has 7 nitrogen and oxygen atoms in total. The van der Waals surface area contributed by atoms with Crippen LogP contribution in [0.2, 0.25) is 0 Å². The van der Waals surface area contributed by atoms with Crippen LogP contribution in [0.5, 0.6) is 17.4 Å². The van der Waals surface area contributed by atoms with Crippen molar-refractivity contribution in [1.29, 1.82) is 0 Å². The number of rotatable bonds is 11. The van der Waals surface area contributed by atoms with Crippen LogP contribution in [0.25, 0.3) is 0 Å². The van der Waals surface area contributed by atoms with Gasteiger partial charge in [0.25, 0.3) is 0 Å². The lowest BCUT2D eigenvalue weighted by Gasteiger charge is -2.13. The molecule has 2 rings (SSSR count). The molecule has 0 bridgehead atoms. The molecule has 0 saturated carbocycles. The first-order chi connectivity index (χ1) is 14.5. The summed E-state index contributed by atoms with van der Waals surface area (Å²) in [5.74, 6) is 2.97. The summed E-state index contributed by atoms with van der Waals surface area (Å²) in [6.07, 6.45) is 3.85. The Bertz CT molecular complexity index is 792. The summed E-state index contributed by atoms with van der Waals surface area (Å²) in [6, 6.07) is 9.98. The molecule has 0 amide bonds. The van der Waals surface area contributed by atoms with E-state index in [0.29, 0.717) is 19.0 Å². The highest BCUT2D eigenvalue weighted by atomic mass is 16.5. The van der Waals surface area contributed by atoms with Gasteiger partial charge in [-0.05, 0) is 56.9 Å². The summed E-state index contributed by atoms with van der Waals surface area (Å²) < 4.78 is 16.6.